The second-order valence-electron chi connectivity index (χ2n) is 9.99. The fraction of sp³-hybridized carbons (Fsp3) is 0.536. The number of hydrogen-bond acceptors (Lipinski definition) is 5. The van der Waals surface area contributed by atoms with Gasteiger partial charge in [-0.15, -0.1) is 0 Å². The molecule has 0 bridgehead atoms. The van der Waals surface area contributed by atoms with Crippen molar-refractivity contribution in [2.75, 3.05) is 13.2 Å². The molecule has 1 aliphatic carbocycles. The standard InChI is InChI=1S/C26H28Cl2F3N5O.C2H6/c1-14-10-16(5-8-22(14)35-9-3-4-18(35)13-37)21-12-32-23-24(26(29,30)31)34-36(25(23)33-21)15(2)19-7-6-17(27)11-20(19)28;1-2/h5-7,11-12,14-15,18,22,37H,3-4,8-10,13H2,1-2H3;1-2H3/t14?,15-,18+,22?;/m1./s1. The molecular weight excluding hydrogens is 550 g/mol. The summed E-state index contributed by atoms with van der Waals surface area (Å²) < 4.78 is 42.8. The van der Waals surface area contributed by atoms with Crippen LogP contribution in [0.1, 0.15) is 76.4 Å². The van der Waals surface area contributed by atoms with Crippen molar-refractivity contribution in [3.8, 4) is 0 Å². The van der Waals surface area contributed by atoms with E-state index < -0.39 is 17.9 Å². The van der Waals surface area contributed by atoms with Crippen molar-refractivity contribution in [1.29, 1.82) is 0 Å². The average Bonchev–Trinajstić information content (AvgIpc) is 3.54. The summed E-state index contributed by atoms with van der Waals surface area (Å²) in [6.07, 6.45) is 2.42. The molecule has 3 heterocycles. The van der Waals surface area contributed by atoms with Gasteiger partial charge in [-0.2, -0.15) is 18.3 Å². The molecule has 1 N–H and O–H groups in total. The number of benzene rings is 1. The van der Waals surface area contributed by atoms with Gasteiger partial charge in [-0.25, -0.2) is 14.6 Å². The molecule has 5 rings (SSSR count). The van der Waals surface area contributed by atoms with Gasteiger partial charge in [0.1, 0.15) is 5.52 Å². The first-order valence-corrected chi connectivity index (χ1v) is 14.2. The van der Waals surface area contributed by atoms with Gasteiger partial charge in [-0.05, 0) is 68.3 Å². The minimum absolute atomic E-state index is 0.0545. The highest BCUT2D eigenvalue weighted by Gasteiger charge is 2.40. The Balaban J connectivity index is 0.00000172. The van der Waals surface area contributed by atoms with Crippen molar-refractivity contribution in [2.24, 2.45) is 5.92 Å². The van der Waals surface area contributed by atoms with Crippen LogP contribution in [0.5, 0.6) is 0 Å². The largest absolute Gasteiger partial charge is 0.437 e. The smallest absolute Gasteiger partial charge is 0.395 e. The van der Waals surface area contributed by atoms with Crippen LogP contribution in [0.3, 0.4) is 0 Å². The molecule has 2 aromatic heterocycles. The van der Waals surface area contributed by atoms with E-state index >= 15 is 0 Å². The summed E-state index contributed by atoms with van der Waals surface area (Å²) in [6, 6.07) is 4.73. The molecule has 1 aromatic carbocycles. The van der Waals surface area contributed by atoms with Crippen LogP contribution in [-0.4, -0.2) is 55.0 Å². The van der Waals surface area contributed by atoms with Gasteiger partial charge >= 0.3 is 6.18 Å². The van der Waals surface area contributed by atoms with Crippen LogP contribution < -0.4 is 0 Å². The summed E-state index contributed by atoms with van der Waals surface area (Å²) in [4.78, 5) is 11.3. The molecule has 11 heteroatoms. The zero-order chi connectivity index (χ0) is 28.5. The fourth-order valence-corrected chi connectivity index (χ4v) is 6.29. The Hall–Kier alpha value is -2.20. The summed E-state index contributed by atoms with van der Waals surface area (Å²) >= 11 is 12.4. The highest BCUT2D eigenvalue weighted by atomic mass is 35.5. The van der Waals surface area contributed by atoms with Crippen LogP contribution in [0.2, 0.25) is 10.0 Å². The molecule has 1 aliphatic heterocycles. The van der Waals surface area contributed by atoms with Gasteiger partial charge in [-0.1, -0.05) is 56.1 Å². The maximum atomic E-state index is 13.9. The topological polar surface area (TPSA) is 67.1 Å². The zero-order valence-corrected chi connectivity index (χ0v) is 24.0. The van der Waals surface area contributed by atoms with E-state index in [1.807, 2.05) is 13.8 Å². The van der Waals surface area contributed by atoms with Gasteiger partial charge in [0.05, 0.1) is 24.5 Å². The molecule has 4 atom stereocenters. The molecule has 0 spiro atoms. The van der Waals surface area contributed by atoms with Gasteiger partial charge in [0.15, 0.2) is 11.3 Å². The highest BCUT2D eigenvalue weighted by Crippen LogP contribution is 2.39. The lowest BCUT2D eigenvalue weighted by Gasteiger charge is -2.38. The molecule has 1 fully saturated rings. The van der Waals surface area contributed by atoms with Crippen LogP contribution in [0.4, 0.5) is 13.2 Å². The van der Waals surface area contributed by atoms with E-state index in [9.17, 15) is 18.3 Å². The minimum Gasteiger partial charge on any atom is -0.395 e. The van der Waals surface area contributed by atoms with E-state index in [-0.39, 0.29) is 23.8 Å². The van der Waals surface area contributed by atoms with E-state index in [1.54, 1.807) is 25.1 Å². The summed E-state index contributed by atoms with van der Waals surface area (Å²) in [7, 11) is 0. The molecule has 0 radical (unpaired) electrons. The van der Waals surface area contributed by atoms with Crippen LogP contribution in [0, 0.1) is 5.92 Å². The third kappa shape index (κ3) is 5.97. The van der Waals surface area contributed by atoms with E-state index in [0.29, 0.717) is 33.3 Å². The Bertz CT molecular complexity index is 1340. The van der Waals surface area contributed by atoms with Crippen molar-refractivity contribution in [1.82, 2.24) is 24.6 Å². The monoisotopic (exact) mass is 583 g/mol. The van der Waals surface area contributed by atoms with Gasteiger partial charge in [-0.3, -0.25) is 4.90 Å². The number of nitrogens with zero attached hydrogens (tertiary/aromatic N) is 5. The minimum atomic E-state index is -4.69. The van der Waals surface area contributed by atoms with Crippen molar-refractivity contribution < 1.29 is 18.3 Å². The molecule has 0 saturated carbocycles. The average molecular weight is 585 g/mol. The molecular formula is C28H34Cl2F3N5O. The SMILES string of the molecule is CC.CC1CC(c2cnc3c(C(F)(F)F)nn([C@H](C)c4ccc(Cl)cc4Cl)c3n2)=CCC1N1CCC[C@H]1CO. The lowest BCUT2D eigenvalue weighted by molar-refractivity contribution is -0.140. The van der Waals surface area contributed by atoms with Crippen LogP contribution in [-0.2, 0) is 6.18 Å². The Morgan fingerprint density at radius 2 is 1.95 bits per heavy atom. The molecule has 212 valence electrons. The molecule has 3 aromatic rings. The third-order valence-corrected chi connectivity index (χ3v) is 8.21. The second kappa shape index (κ2) is 12.1. The van der Waals surface area contributed by atoms with Gasteiger partial charge in [0.2, 0.25) is 0 Å². The van der Waals surface area contributed by atoms with E-state index in [0.717, 1.165) is 37.8 Å². The lowest BCUT2D eigenvalue weighted by Crippen LogP contribution is -2.45. The second-order valence-corrected chi connectivity index (χ2v) is 10.8. The molecule has 6 nitrogen and oxygen atoms in total. The number of halogens is 5. The predicted octanol–water partition coefficient (Wildman–Crippen LogP) is 7.43. The summed E-state index contributed by atoms with van der Waals surface area (Å²) in [5, 5.41) is 14.4. The molecule has 1 saturated heterocycles. The van der Waals surface area contributed by atoms with Gasteiger partial charge in [0.25, 0.3) is 0 Å². The number of aliphatic hydroxyl groups excluding tert-OH is 1. The van der Waals surface area contributed by atoms with Crippen LogP contribution >= 0.6 is 23.2 Å². The number of rotatable bonds is 5. The number of alkyl halides is 3. The fourth-order valence-electron chi connectivity index (χ4n) is 5.72. The van der Waals surface area contributed by atoms with Gasteiger partial charge in [0, 0.05) is 22.1 Å². The Kier molecular flexibility index (Phi) is 9.26. The summed E-state index contributed by atoms with van der Waals surface area (Å²) in [5.74, 6) is 0.298. The van der Waals surface area contributed by atoms with Crippen LogP contribution in [0.25, 0.3) is 16.7 Å². The predicted molar refractivity (Wildman–Crippen MR) is 149 cm³/mol. The number of aromatic nitrogens is 4. The summed E-state index contributed by atoms with van der Waals surface area (Å²) in [6.45, 7) is 9.02. The highest BCUT2D eigenvalue weighted by molar-refractivity contribution is 6.35. The van der Waals surface area contributed by atoms with Crippen molar-refractivity contribution >= 4 is 39.9 Å². The quantitative estimate of drug-likeness (QED) is 0.338. The third-order valence-electron chi connectivity index (χ3n) is 7.64. The van der Waals surface area contributed by atoms with E-state index in [2.05, 4.69) is 33.0 Å². The Morgan fingerprint density at radius 3 is 2.59 bits per heavy atom. The van der Waals surface area contributed by atoms with Crippen molar-refractivity contribution in [2.45, 2.75) is 77.7 Å². The number of allylic oxidation sites excluding steroid dienone is 1. The number of hydrogen-bond donors (Lipinski definition) is 1. The first kappa shape index (κ1) is 29.8. The maximum Gasteiger partial charge on any atom is 0.437 e. The Labute approximate surface area is 236 Å². The first-order chi connectivity index (χ1) is 18.6. The number of likely N-dealkylation sites (tertiary alicyclic amines) is 1. The molecule has 39 heavy (non-hydrogen) atoms. The normalized spacial score (nSPS) is 22.9. The van der Waals surface area contributed by atoms with Gasteiger partial charge < -0.3 is 5.11 Å². The molecule has 2 unspecified atom stereocenters. The summed E-state index contributed by atoms with van der Waals surface area (Å²) in [5.41, 5.74) is 0.762. The zero-order valence-electron chi connectivity index (χ0n) is 22.5. The van der Waals surface area contributed by atoms with E-state index in [4.69, 9.17) is 23.2 Å². The first-order valence-electron chi connectivity index (χ1n) is 13.4. The number of fused-ring (bicyclic) bond motifs is 1. The lowest BCUT2D eigenvalue weighted by atomic mass is 9.83. The maximum absolute atomic E-state index is 13.9. The Morgan fingerprint density at radius 1 is 1.21 bits per heavy atom. The van der Waals surface area contributed by atoms with E-state index in [1.165, 1.54) is 10.9 Å². The van der Waals surface area contributed by atoms with Crippen molar-refractivity contribution in [3.63, 3.8) is 0 Å². The number of aliphatic hydroxyl groups is 1. The van der Waals surface area contributed by atoms with Crippen LogP contribution in [0.15, 0.2) is 30.5 Å². The molecule has 0 amide bonds. The molecule has 2 aliphatic rings. The van der Waals surface area contributed by atoms with Crippen molar-refractivity contribution in [3.05, 3.63) is 57.5 Å².